The molecule has 1 saturated heterocycles. The van der Waals surface area contributed by atoms with Crippen LogP contribution in [0.15, 0.2) is 24.3 Å². The van der Waals surface area contributed by atoms with E-state index >= 15 is 0 Å². The van der Waals surface area contributed by atoms with E-state index in [1.54, 1.807) is 25.1 Å². The van der Waals surface area contributed by atoms with Crippen LogP contribution in [0.3, 0.4) is 0 Å². The minimum atomic E-state index is -4.74. The van der Waals surface area contributed by atoms with Crippen LogP contribution in [0.5, 0.6) is 0 Å². The third-order valence-corrected chi connectivity index (χ3v) is 4.17. The van der Waals surface area contributed by atoms with Crippen LogP contribution in [-0.2, 0) is 0 Å². The Balaban J connectivity index is 1.94. The zero-order valence-electron chi connectivity index (χ0n) is 11.9. The smallest absolute Gasteiger partial charge is 0.379 e. The first kappa shape index (κ1) is 14.9. The maximum atomic E-state index is 12.9. The van der Waals surface area contributed by atoms with E-state index in [9.17, 15) is 23.1 Å². The maximum absolute atomic E-state index is 12.9. The number of hydrogen-bond donors (Lipinski definition) is 2. The molecule has 0 radical (unpaired) electrons. The summed E-state index contributed by atoms with van der Waals surface area (Å²) in [6, 6.07) is 7.13. The Hall–Kier alpha value is -2.02. The number of amides is 1. The molecule has 1 aromatic heterocycles. The Morgan fingerprint density at radius 2 is 2.05 bits per heavy atom. The van der Waals surface area contributed by atoms with Gasteiger partial charge in [0, 0.05) is 29.6 Å². The van der Waals surface area contributed by atoms with Gasteiger partial charge in [0.05, 0.1) is 12.1 Å². The van der Waals surface area contributed by atoms with Crippen LogP contribution in [0.4, 0.5) is 13.2 Å². The van der Waals surface area contributed by atoms with Gasteiger partial charge in [-0.3, -0.25) is 4.79 Å². The number of fused-ring (bicyclic) bond motifs is 1. The van der Waals surface area contributed by atoms with Gasteiger partial charge in [-0.15, -0.1) is 0 Å². The van der Waals surface area contributed by atoms with E-state index in [0.29, 0.717) is 16.6 Å². The summed E-state index contributed by atoms with van der Waals surface area (Å²) in [4.78, 5) is 16.7. The van der Waals surface area contributed by atoms with Crippen molar-refractivity contribution in [3.05, 3.63) is 35.5 Å². The number of aromatic amines is 1. The molecule has 1 unspecified atom stereocenters. The van der Waals surface area contributed by atoms with Crippen molar-refractivity contribution in [2.24, 2.45) is 0 Å². The lowest BCUT2D eigenvalue weighted by Gasteiger charge is -2.26. The molecular weight excluding hydrogens is 297 g/mol. The summed E-state index contributed by atoms with van der Waals surface area (Å²) in [6.07, 6.45) is -5.24. The minimum absolute atomic E-state index is 0.117. The molecule has 7 heteroatoms. The number of β-amino-alcohol motifs (C(OH)–C–C–N with tert-alkyl or cyclic N) is 1. The van der Waals surface area contributed by atoms with E-state index in [1.165, 1.54) is 0 Å². The summed E-state index contributed by atoms with van der Waals surface area (Å²) in [6.45, 7) is 0.862. The van der Waals surface area contributed by atoms with Crippen molar-refractivity contribution in [1.29, 1.82) is 0 Å². The standard InChI is InChI=1S/C15H15F3N2O2/c1-9-12(10-4-2-3-5-11(10)19-9)13(21)20-7-6-14(22,8-20)15(16,17)18/h2-5,19,22H,6-8H2,1H3. The number of likely N-dealkylation sites (tertiary alicyclic amines) is 1. The Morgan fingerprint density at radius 3 is 2.68 bits per heavy atom. The molecule has 1 amide bonds. The number of benzene rings is 1. The number of aryl methyl sites for hydroxylation is 1. The molecule has 22 heavy (non-hydrogen) atoms. The zero-order valence-corrected chi connectivity index (χ0v) is 11.9. The first-order chi connectivity index (χ1) is 10.2. The van der Waals surface area contributed by atoms with E-state index in [2.05, 4.69) is 4.98 Å². The van der Waals surface area contributed by atoms with Crippen LogP contribution in [0.2, 0.25) is 0 Å². The molecular formula is C15H15F3N2O2. The summed E-state index contributed by atoms with van der Waals surface area (Å²) in [5, 5.41) is 10.4. The Bertz CT molecular complexity index is 738. The van der Waals surface area contributed by atoms with Gasteiger partial charge in [0.1, 0.15) is 0 Å². The molecule has 3 rings (SSSR count). The average Bonchev–Trinajstić information content (AvgIpc) is 2.98. The van der Waals surface area contributed by atoms with E-state index in [4.69, 9.17) is 0 Å². The molecule has 2 heterocycles. The van der Waals surface area contributed by atoms with Gasteiger partial charge in [0.2, 0.25) is 0 Å². The van der Waals surface area contributed by atoms with Crippen molar-refractivity contribution >= 4 is 16.8 Å². The lowest BCUT2D eigenvalue weighted by molar-refractivity contribution is -0.253. The third kappa shape index (κ3) is 2.16. The number of aromatic nitrogens is 1. The third-order valence-electron chi connectivity index (χ3n) is 4.17. The molecule has 2 N–H and O–H groups in total. The molecule has 1 aliphatic rings. The van der Waals surface area contributed by atoms with Gasteiger partial charge in [-0.1, -0.05) is 18.2 Å². The SMILES string of the molecule is Cc1[nH]c2ccccc2c1C(=O)N1CCC(O)(C(F)(F)F)C1. The maximum Gasteiger partial charge on any atom is 0.419 e. The Morgan fingerprint density at radius 1 is 1.36 bits per heavy atom. The normalized spacial score (nSPS) is 22.5. The van der Waals surface area contributed by atoms with Crippen molar-refractivity contribution < 1.29 is 23.1 Å². The van der Waals surface area contributed by atoms with Gasteiger partial charge in [-0.05, 0) is 13.0 Å². The molecule has 1 fully saturated rings. The van der Waals surface area contributed by atoms with Crippen LogP contribution in [0.25, 0.3) is 10.9 Å². The number of carbonyl (C=O) groups is 1. The highest BCUT2D eigenvalue weighted by Gasteiger charge is 2.57. The molecule has 0 bridgehead atoms. The van der Waals surface area contributed by atoms with Crippen LogP contribution in [-0.4, -0.2) is 45.8 Å². The fraction of sp³-hybridized carbons (Fsp3) is 0.400. The van der Waals surface area contributed by atoms with Crippen molar-refractivity contribution in [1.82, 2.24) is 9.88 Å². The van der Waals surface area contributed by atoms with Gasteiger partial charge in [0.15, 0.2) is 5.60 Å². The fourth-order valence-electron chi connectivity index (χ4n) is 2.91. The molecule has 0 saturated carbocycles. The molecule has 118 valence electrons. The molecule has 0 aliphatic carbocycles. The first-order valence-electron chi connectivity index (χ1n) is 6.89. The number of nitrogens with zero attached hydrogens (tertiary/aromatic N) is 1. The highest BCUT2D eigenvalue weighted by atomic mass is 19.4. The molecule has 0 spiro atoms. The molecule has 1 aliphatic heterocycles. The van der Waals surface area contributed by atoms with Gasteiger partial charge >= 0.3 is 6.18 Å². The summed E-state index contributed by atoms with van der Waals surface area (Å²) in [7, 11) is 0. The lowest BCUT2D eigenvalue weighted by atomic mass is 10.0. The quantitative estimate of drug-likeness (QED) is 0.850. The second-order valence-corrected chi connectivity index (χ2v) is 5.68. The topological polar surface area (TPSA) is 56.3 Å². The van der Waals surface area contributed by atoms with Gasteiger partial charge in [-0.2, -0.15) is 13.2 Å². The number of alkyl halides is 3. The summed E-state index contributed by atoms with van der Waals surface area (Å²) in [5.41, 5.74) is -1.09. The molecule has 1 atom stereocenters. The fourth-order valence-corrected chi connectivity index (χ4v) is 2.91. The summed E-state index contributed by atoms with van der Waals surface area (Å²) in [5.74, 6) is -0.491. The first-order valence-corrected chi connectivity index (χ1v) is 6.89. The predicted molar refractivity (Wildman–Crippen MR) is 74.6 cm³/mol. The monoisotopic (exact) mass is 312 g/mol. The van der Waals surface area contributed by atoms with Crippen LogP contribution in [0.1, 0.15) is 22.5 Å². The largest absolute Gasteiger partial charge is 0.419 e. The molecule has 1 aromatic carbocycles. The number of halogens is 3. The lowest BCUT2D eigenvalue weighted by Crippen LogP contribution is -2.48. The van der Waals surface area contributed by atoms with Crippen LogP contribution < -0.4 is 0 Å². The van der Waals surface area contributed by atoms with Gasteiger partial charge < -0.3 is 15.0 Å². The van der Waals surface area contributed by atoms with Crippen LogP contribution in [0, 0.1) is 6.92 Å². The highest BCUT2D eigenvalue weighted by Crippen LogP contribution is 2.38. The van der Waals surface area contributed by atoms with E-state index in [-0.39, 0.29) is 6.54 Å². The van der Waals surface area contributed by atoms with E-state index in [0.717, 1.165) is 10.4 Å². The second-order valence-electron chi connectivity index (χ2n) is 5.68. The zero-order chi connectivity index (χ0) is 16.1. The number of H-pyrrole nitrogens is 1. The number of rotatable bonds is 1. The minimum Gasteiger partial charge on any atom is -0.379 e. The van der Waals surface area contributed by atoms with Crippen molar-refractivity contribution in [3.8, 4) is 0 Å². The summed E-state index contributed by atoms with van der Waals surface area (Å²) >= 11 is 0. The Labute approximate surface area is 124 Å². The highest BCUT2D eigenvalue weighted by molar-refractivity contribution is 6.08. The van der Waals surface area contributed by atoms with Gasteiger partial charge in [0.25, 0.3) is 5.91 Å². The number of carbonyl (C=O) groups excluding carboxylic acids is 1. The second kappa shape index (κ2) is 4.74. The molecule has 4 nitrogen and oxygen atoms in total. The number of nitrogens with one attached hydrogen (secondary N) is 1. The predicted octanol–water partition coefficient (Wildman–Crippen LogP) is 2.62. The summed E-state index contributed by atoms with van der Waals surface area (Å²) < 4.78 is 38.6. The van der Waals surface area contributed by atoms with Gasteiger partial charge in [-0.25, -0.2) is 0 Å². The van der Waals surface area contributed by atoms with Crippen molar-refractivity contribution in [3.63, 3.8) is 0 Å². The van der Waals surface area contributed by atoms with E-state index < -0.39 is 30.7 Å². The number of hydrogen-bond acceptors (Lipinski definition) is 2. The number of aliphatic hydroxyl groups is 1. The van der Waals surface area contributed by atoms with Crippen LogP contribution >= 0.6 is 0 Å². The average molecular weight is 312 g/mol. The van der Waals surface area contributed by atoms with Crippen molar-refractivity contribution in [2.75, 3.05) is 13.1 Å². The molecule has 2 aromatic rings. The van der Waals surface area contributed by atoms with Crippen molar-refractivity contribution in [2.45, 2.75) is 25.1 Å². The number of para-hydroxylation sites is 1. The van der Waals surface area contributed by atoms with E-state index in [1.807, 2.05) is 6.07 Å². The Kier molecular flexibility index (Phi) is 3.21.